The number of pyridine rings is 1. The van der Waals surface area contributed by atoms with Crippen LogP contribution in [0.4, 0.5) is 4.79 Å². The highest BCUT2D eigenvalue weighted by atomic mass is 79.9. The van der Waals surface area contributed by atoms with E-state index in [1.807, 2.05) is 26.8 Å². The van der Waals surface area contributed by atoms with E-state index in [9.17, 15) is 4.79 Å². The molecular formula is C21H37BrN2O5. The van der Waals surface area contributed by atoms with Gasteiger partial charge in [-0.2, -0.15) is 0 Å². The topological polar surface area (TPSA) is 78.9 Å². The Balaban J connectivity index is 0.00000245. The maximum atomic E-state index is 11.6. The molecule has 0 bridgehead atoms. The van der Waals surface area contributed by atoms with Gasteiger partial charge in [0.05, 0.1) is 13.7 Å². The van der Waals surface area contributed by atoms with Crippen molar-refractivity contribution in [3.63, 3.8) is 0 Å². The summed E-state index contributed by atoms with van der Waals surface area (Å²) in [5.41, 5.74) is 0.487. The molecule has 0 unspecified atom stereocenters. The van der Waals surface area contributed by atoms with Crippen LogP contribution in [0.25, 0.3) is 0 Å². The minimum atomic E-state index is -0.498. The van der Waals surface area contributed by atoms with Crippen LogP contribution >= 0.6 is 15.9 Å². The van der Waals surface area contributed by atoms with Crippen LogP contribution in [-0.4, -0.2) is 50.7 Å². The van der Waals surface area contributed by atoms with E-state index >= 15 is 0 Å². The van der Waals surface area contributed by atoms with Crippen LogP contribution in [0.5, 0.6) is 11.6 Å². The first-order chi connectivity index (χ1) is 13.7. The van der Waals surface area contributed by atoms with Gasteiger partial charge in [-0.05, 0) is 61.2 Å². The number of carbonyl (C=O) groups excluding carboxylic acids is 1. The number of methoxy groups -OCH3 is 2. The van der Waals surface area contributed by atoms with Crippen LogP contribution in [0.15, 0.2) is 10.7 Å². The van der Waals surface area contributed by atoms with E-state index in [1.54, 1.807) is 14.2 Å². The minimum absolute atomic E-state index is 0.411. The lowest BCUT2D eigenvalue weighted by molar-refractivity contribution is 0.0527. The largest absolute Gasteiger partial charge is 0.488 e. The number of hydrogen-bond donors (Lipinski definition) is 1. The molecule has 168 valence electrons. The zero-order valence-electron chi connectivity index (χ0n) is 18.9. The third-order valence-electron chi connectivity index (χ3n) is 3.22. The lowest BCUT2D eigenvalue weighted by Crippen LogP contribution is -2.33. The first kappa shape index (κ1) is 27.5. The molecule has 29 heavy (non-hydrogen) atoms. The molecule has 0 aliphatic heterocycles. The van der Waals surface area contributed by atoms with Crippen molar-refractivity contribution in [3.05, 3.63) is 16.2 Å². The van der Waals surface area contributed by atoms with Gasteiger partial charge in [0.1, 0.15) is 10.2 Å². The smallest absolute Gasteiger partial charge is 0.407 e. The van der Waals surface area contributed by atoms with Crippen LogP contribution in [0.1, 0.15) is 59.4 Å². The standard InChI is InChI=1S/C18H29BrN2O5.C3H8/c1-18(2,3)26-17(22)20-9-6-8-13-12-14(25-11-7-10-23-4)16(24-5)21-15(13)19;1-3-2/h12H,6-11H2,1-5H3,(H,20,22);3H2,1-2H3. The van der Waals surface area contributed by atoms with E-state index < -0.39 is 11.7 Å². The maximum Gasteiger partial charge on any atom is 0.407 e. The van der Waals surface area contributed by atoms with E-state index in [0.717, 1.165) is 24.8 Å². The van der Waals surface area contributed by atoms with Gasteiger partial charge in [-0.1, -0.05) is 20.3 Å². The van der Waals surface area contributed by atoms with E-state index in [4.69, 9.17) is 18.9 Å². The van der Waals surface area contributed by atoms with Crippen LogP contribution in [0, 0.1) is 0 Å². The normalized spacial score (nSPS) is 10.6. The zero-order valence-corrected chi connectivity index (χ0v) is 20.5. The number of amides is 1. The summed E-state index contributed by atoms with van der Waals surface area (Å²) in [4.78, 5) is 16.0. The van der Waals surface area contributed by atoms with E-state index in [2.05, 4.69) is 40.1 Å². The second kappa shape index (κ2) is 15.3. The van der Waals surface area contributed by atoms with Crippen LogP contribution in [-0.2, 0) is 15.9 Å². The zero-order chi connectivity index (χ0) is 22.3. The van der Waals surface area contributed by atoms with Gasteiger partial charge in [-0.15, -0.1) is 0 Å². The Morgan fingerprint density at radius 3 is 2.38 bits per heavy atom. The van der Waals surface area contributed by atoms with Gasteiger partial charge in [0.15, 0.2) is 5.75 Å². The average molecular weight is 477 g/mol. The monoisotopic (exact) mass is 476 g/mol. The van der Waals surface area contributed by atoms with Crippen molar-refractivity contribution in [2.45, 2.75) is 65.9 Å². The molecule has 0 radical (unpaired) electrons. The van der Waals surface area contributed by atoms with Gasteiger partial charge in [-0.25, -0.2) is 9.78 Å². The summed E-state index contributed by atoms with van der Waals surface area (Å²) in [7, 11) is 3.21. The summed E-state index contributed by atoms with van der Waals surface area (Å²) >= 11 is 3.46. The quantitative estimate of drug-likeness (QED) is 0.371. The molecule has 1 N–H and O–H groups in total. The fourth-order valence-electron chi connectivity index (χ4n) is 2.09. The molecule has 0 aromatic carbocycles. The molecule has 0 fully saturated rings. The Bertz CT molecular complexity index is 591. The van der Waals surface area contributed by atoms with E-state index in [0.29, 0.717) is 36.0 Å². The Labute approximate surface area is 184 Å². The van der Waals surface area contributed by atoms with Crippen LogP contribution < -0.4 is 14.8 Å². The third-order valence-corrected chi connectivity index (χ3v) is 3.90. The fraction of sp³-hybridized carbons (Fsp3) is 0.714. The lowest BCUT2D eigenvalue weighted by atomic mass is 10.1. The number of aromatic nitrogens is 1. The SMILES string of the molecule is CCC.COCCCOc1cc(CCCNC(=O)OC(C)(C)C)c(Br)nc1OC. The number of carbonyl (C=O) groups is 1. The van der Waals surface area contributed by atoms with Crippen LogP contribution in [0.2, 0.25) is 0 Å². The van der Waals surface area contributed by atoms with Crippen molar-refractivity contribution >= 4 is 22.0 Å². The van der Waals surface area contributed by atoms with Crippen molar-refractivity contribution in [2.75, 3.05) is 34.0 Å². The van der Waals surface area contributed by atoms with Crippen molar-refractivity contribution in [2.24, 2.45) is 0 Å². The number of alkyl carbamates (subject to hydrolysis) is 1. The van der Waals surface area contributed by atoms with Crippen molar-refractivity contribution in [1.29, 1.82) is 0 Å². The molecule has 0 atom stereocenters. The number of halogens is 1. The highest BCUT2D eigenvalue weighted by molar-refractivity contribution is 9.10. The van der Waals surface area contributed by atoms with E-state index in [1.165, 1.54) is 6.42 Å². The second-order valence-electron chi connectivity index (χ2n) is 7.38. The first-order valence-electron chi connectivity index (χ1n) is 10.00. The number of ether oxygens (including phenoxy) is 4. The van der Waals surface area contributed by atoms with Gasteiger partial charge in [-0.3, -0.25) is 0 Å². The summed E-state index contributed by atoms with van der Waals surface area (Å²) in [6, 6.07) is 1.91. The highest BCUT2D eigenvalue weighted by Gasteiger charge is 2.16. The van der Waals surface area contributed by atoms with E-state index in [-0.39, 0.29) is 0 Å². The molecule has 0 aliphatic carbocycles. The summed E-state index contributed by atoms with van der Waals surface area (Å²) in [6.07, 6.45) is 3.09. The van der Waals surface area contributed by atoms with Crippen molar-refractivity contribution < 1.29 is 23.7 Å². The van der Waals surface area contributed by atoms with Crippen molar-refractivity contribution in [1.82, 2.24) is 10.3 Å². The van der Waals surface area contributed by atoms with Gasteiger partial charge in [0, 0.05) is 26.7 Å². The summed E-state index contributed by atoms with van der Waals surface area (Å²) in [5.74, 6) is 1.03. The first-order valence-corrected chi connectivity index (χ1v) is 10.8. The Hall–Kier alpha value is -1.54. The predicted octanol–water partition coefficient (Wildman–Crippen LogP) is 5.14. The molecule has 7 nitrogen and oxygen atoms in total. The van der Waals surface area contributed by atoms with Crippen LogP contribution in [0.3, 0.4) is 0 Å². The maximum absolute atomic E-state index is 11.6. The van der Waals surface area contributed by atoms with Gasteiger partial charge < -0.3 is 24.3 Å². The van der Waals surface area contributed by atoms with Crippen molar-refractivity contribution in [3.8, 4) is 11.6 Å². The van der Waals surface area contributed by atoms with Gasteiger partial charge >= 0.3 is 6.09 Å². The molecule has 1 heterocycles. The Morgan fingerprint density at radius 1 is 1.17 bits per heavy atom. The second-order valence-corrected chi connectivity index (χ2v) is 8.13. The van der Waals surface area contributed by atoms with Gasteiger partial charge in [0.2, 0.25) is 0 Å². The molecule has 0 saturated heterocycles. The molecule has 8 heteroatoms. The summed E-state index contributed by atoms with van der Waals surface area (Å²) in [6.45, 7) is 11.4. The number of aryl methyl sites for hydroxylation is 1. The number of nitrogens with zero attached hydrogens (tertiary/aromatic N) is 1. The summed E-state index contributed by atoms with van der Waals surface area (Å²) < 4.78 is 21.9. The Kier molecular flexibility index (Phi) is 14.5. The summed E-state index contributed by atoms with van der Waals surface area (Å²) in [5, 5.41) is 2.75. The number of rotatable bonds is 10. The molecule has 0 aliphatic rings. The number of nitrogens with one attached hydrogen (secondary N) is 1. The van der Waals surface area contributed by atoms with Gasteiger partial charge in [0.25, 0.3) is 5.88 Å². The molecule has 1 aromatic heterocycles. The molecule has 1 rings (SSSR count). The fourth-order valence-corrected chi connectivity index (χ4v) is 2.56. The predicted molar refractivity (Wildman–Crippen MR) is 119 cm³/mol. The molecule has 1 aromatic rings. The number of hydrogen-bond acceptors (Lipinski definition) is 6. The molecular weight excluding hydrogens is 440 g/mol. The minimum Gasteiger partial charge on any atom is -0.488 e. The average Bonchev–Trinajstić information content (AvgIpc) is 2.63. The lowest BCUT2D eigenvalue weighted by Gasteiger charge is -2.19. The molecule has 0 saturated carbocycles. The molecule has 1 amide bonds. The Morgan fingerprint density at radius 2 is 1.83 bits per heavy atom. The third kappa shape index (κ3) is 13.3. The highest BCUT2D eigenvalue weighted by Crippen LogP contribution is 2.30. The molecule has 0 spiro atoms.